The molecule has 0 aliphatic carbocycles. The van der Waals surface area contributed by atoms with Gasteiger partial charge in [0.25, 0.3) is 0 Å². The predicted molar refractivity (Wildman–Crippen MR) is 74.9 cm³/mol. The van der Waals surface area contributed by atoms with Crippen LogP contribution in [0.5, 0.6) is 0 Å². The summed E-state index contributed by atoms with van der Waals surface area (Å²) in [5.74, 6) is 0.681. The third kappa shape index (κ3) is 4.25. The summed E-state index contributed by atoms with van der Waals surface area (Å²) in [5, 5.41) is 12.9. The molecule has 0 unspecified atom stereocenters. The van der Waals surface area contributed by atoms with Crippen LogP contribution in [0.3, 0.4) is 0 Å². The predicted octanol–water partition coefficient (Wildman–Crippen LogP) is 0.246. The van der Waals surface area contributed by atoms with Gasteiger partial charge in [0.1, 0.15) is 5.82 Å². The van der Waals surface area contributed by atoms with E-state index in [4.69, 9.17) is 0 Å². The zero-order valence-corrected chi connectivity index (χ0v) is 12.0. The molecule has 1 aliphatic heterocycles. The van der Waals surface area contributed by atoms with Gasteiger partial charge in [-0.3, -0.25) is 9.69 Å². The molecule has 1 amide bonds. The molecule has 1 aromatic rings. The third-order valence-electron chi connectivity index (χ3n) is 3.59. The Labute approximate surface area is 119 Å². The van der Waals surface area contributed by atoms with E-state index in [1.54, 1.807) is 0 Å². The number of nitrogens with one attached hydrogen (secondary N) is 1. The molecule has 20 heavy (non-hydrogen) atoms. The highest BCUT2D eigenvalue weighted by Gasteiger charge is 2.25. The Balaban J connectivity index is 1.91. The fraction of sp³-hybridized carbons (Fsp3) is 0.643. The van der Waals surface area contributed by atoms with Crippen LogP contribution in [0.1, 0.15) is 31.2 Å². The molecule has 2 heterocycles. The molecule has 0 spiro atoms. The van der Waals surface area contributed by atoms with E-state index in [2.05, 4.69) is 20.2 Å². The van der Waals surface area contributed by atoms with Gasteiger partial charge in [-0.25, -0.2) is 9.97 Å². The molecule has 0 bridgehead atoms. The Morgan fingerprint density at radius 3 is 2.70 bits per heavy atom. The van der Waals surface area contributed by atoms with Crippen LogP contribution in [0.4, 0.5) is 0 Å². The van der Waals surface area contributed by atoms with E-state index in [0.717, 1.165) is 37.4 Å². The minimum Gasteiger partial charge on any atom is -0.391 e. The van der Waals surface area contributed by atoms with E-state index in [9.17, 15) is 9.90 Å². The number of aliphatic hydroxyl groups excluding tert-OH is 1. The van der Waals surface area contributed by atoms with Crippen molar-refractivity contribution in [2.45, 2.75) is 45.4 Å². The molecule has 2 N–H and O–H groups in total. The lowest BCUT2D eigenvalue weighted by molar-refractivity contribution is -0.120. The summed E-state index contributed by atoms with van der Waals surface area (Å²) in [6.07, 6.45) is 4.63. The summed E-state index contributed by atoms with van der Waals surface area (Å²) in [4.78, 5) is 21.8. The van der Waals surface area contributed by atoms with Gasteiger partial charge in [-0.2, -0.15) is 0 Å². The summed E-state index contributed by atoms with van der Waals surface area (Å²) in [7, 11) is 0. The highest BCUT2D eigenvalue weighted by molar-refractivity contribution is 5.73. The Hall–Kier alpha value is -1.53. The zero-order chi connectivity index (χ0) is 14.5. The molecule has 2 rings (SSSR count). The van der Waals surface area contributed by atoms with Crippen LogP contribution in [0.15, 0.2) is 12.4 Å². The Morgan fingerprint density at radius 1 is 1.40 bits per heavy atom. The lowest BCUT2D eigenvalue weighted by Gasteiger charge is -2.20. The normalized spacial score (nSPS) is 24.1. The summed E-state index contributed by atoms with van der Waals surface area (Å²) in [5.41, 5.74) is 1.07. The van der Waals surface area contributed by atoms with Gasteiger partial charge >= 0.3 is 0 Å². The highest BCUT2D eigenvalue weighted by atomic mass is 16.3. The van der Waals surface area contributed by atoms with Crippen LogP contribution in [-0.2, 0) is 11.3 Å². The van der Waals surface area contributed by atoms with Gasteiger partial charge in [-0.15, -0.1) is 0 Å². The number of amides is 1. The second-order valence-electron chi connectivity index (χ2n) is 5.37. The topological polar surface area (TPSA) is 78.4 Å². The minimum absolute atomic E-state index is 0.0885. The van der Waals surface area contributed by atoms with Crippen molar-refractivity contribution in [3.8, 4) is 0 Å². The van der Waals surface area contributed by atoms with Crippen LogP contribution < -0.4 is 5.32 Å². The number of rotatable bonds is 3. The molecule has 1 saturated heterocycles. The van der Waals surface area contributed by atoms with Crippen molar-refractivity contribution in [3.63, 3.8) is 0 Å². The van der Waals surface area contributed by atoms with Crippen molar-refractivity contribution in [3.05, 3.63) is 23.8 Å². The first-order chi connectivity index (χ1) is 9.54. The largest absolute Gasteiger partial charge is 0.391 e. The smallest absolute Gasteiger partial charge is 0.217 e. The summed E-state index contributed by atoms with van der Waals surface area (Å²) < 4.78 is 0. The Kier molecular flexibility index (Phi) is 5.03. The molecule has 6 nitrogen and oxygen atoms in total. The summed E-state index contributed by atoms with van der Waals surface area (Å²) >= 11 is 0. The molecule has 0 radical (unpaired) electrons. The number of aliphatic hydroxyl groups is 1. The van der Waals surface area contributed by atoms with E-state index >= 15 is 0 Å². The molecule has 0 saturated carbocycles. The molecule has 1 aromatic heterocycles. The number of aromatic nitrogens is 2. The summed E-state index contributed by atoms with van der Waals surface area (Å²) in [6.45, 7) is 5.78. The molecule has 1 fully saturated rings. The molecule has 6 heteroatoms. The Bertz CT molecular complexity index is 449. The zero-order valence-electron chi connectivity index (χ0n) is 12.0. The number of nitrogens with zero attached hydrogens (tertiary/aromatic N) is 3. The van der Waals surface area contributed by atoms with Gasteiger partial charge in [-0.1, -0.05) is 0 Å². The van der Waals surface area contributed by atoms with Crippen molar-refractivity contribution in [1.82, 2.24) is 20.2 Å². The monoisotopic (exact) mass is 278 g/mol. The minimum atomic E-state index is -0.474. The number of likely N-dealkylation sites (tertiary alicyclic amines) is 1. The average molecular weight is 278 g/mol. The maximum atomic E-state index is 11.1. The second kappa shape index (κ2) is 6.76. The first-order valence-corrected chi connectivity index (χ1v) is 6.99. The first kappa shape index (κ1) is 14.9. The molecular formula is C14H22N4O2. The van der Waals surface area contributed by atoms with Gasteiger partial charge in [0.15, 0.2) is 0 Å². The average Bonchev–Trinajstić information content (AvgIpc) is 2.56. The molecule has 110 valence electrons. The standard InChI is InChI=1S/C14H22N4O2/c1-10-15-7-12(8-16-10)9-18-5-3-13(17-11(2)19)14(20)4-6-18/h7-8,13-14,20H,3-6,9H2,1-2H3,(H,17,19)/t13-,14-/m0/s1. The number of carbonyl (C=O) groups is 1. The van der Waals surface area contributed by atoms with Crippen molar-refractivity contribution in [2.24, 2.45) is 0 Å². The second-order valence-corrected chi connectivity index (χ2v) is 5.37. The van der Waals surface area contributed by atoms with Gasteiger partial charge in [0.2, 0.25) is 5.91 Å². The van der Waals surface area contributed by atoms with Gasteiger partial charge < -0.3 is 10.4 Å². The maximum Gasteiger partial charge on any atom is 0.217 e. The van der Waals surface area contributed by atoms with Gasteiger partial charge in [0, 0.05) is 44.5 Å². The SMILES string of the molecule is CC(=O)N[C@H]1CCN(Cc2cnc(C)nc2)CC[C@@H]1O. The number of aryl methyl sites for hydroxylation is 1. The molecular weight excluding hydrogens is 256 g/mol. The maximum absolute atomic E-state index is 11.1. The van der Waals surface area contributed by atoms with Crippen LogP contribution in [0.25, 0.3) is 0 Å². The fourth-order valence-corrected chi connectivity index (χ4v) is 2.49. The van der Waals surface area contributed by atoms with Crippen LogP contribution in [0.2, 0.25) is 0 Å². The summed E-state index contributed by atoms with van der Waals surface area (Å²) in [6, 6.07) is -0.147. The number of carbonyl (C=O) groups excluding carboxylic acids is 1. The van der Waals surface area contributed by atoms with Crippen molar-refractivity contribution < 1.29 is 9.90 Å². The first-order valence-electron chi connectivity index (χ1n) is 6.99. The molecule has 2 atom stereocenters. The molecule has 0 aromatic carbocycles. The Morgan fingerprint density at radius 2 is 2.05 bits per heavy atom. The fourth-order valence-electron chi connectivity index (χ4n) is 2.49. The van der Waals surface area contributed by atoms with Crippen LogP contribution >= 0.6 is 0 Å². The quantitative estimate of drug-likeness (QED) is 0.828. The van der Waals surface area contributed by atoms with Crippen LogP contribution in [0, 0.1) is 6.92 Å². The lowest BCUT2D eigenvalue weighted by Crippen LogP contribution is -2.42. The van der Waals surface area contributed by atoms with E-state index < -0.39 is 6.10 Å². The lowest BCUT2D eigenvalue weighted by atomic mass is 10.1. The van der Waals surface area contributed by atoms with Crippen LogP contribution in [-0.4, -0.2) is 51.1 Å². The third-order valence-corrected chi connectivity index (χ3v) is 3.59. The molecule has 1 aliphatic rings. The van der Waals surface area contributed by atoms with Crippen molar-refractivity contribution in [2.75, 3.05) is 13.1 Å². The van der Waals surface area contributed by atoms with Crippen molar-refractivity contribution in [1.29, 1.82) is 0 Å². The van der Waals surface area contributed by atoms with E-state index in [0.29, 0.717) is 6.42 Å². The number of hydrogen-bond acceptors (Lipinski definition) is 5. The van der Waals surface area contributed by atoms with E-state index in [1.165, 1.54) is 6.92 Å². The van der Waals surface area contributed by atoms with Gasteiger partial charge in [0.05, 0.1) is 12.1 Å². The van der Waals surface area contributed by atoms with Crippen molar-refractivity contribution >= 4 is 5.91 Å². The number of hydrogen-bond donors (Lipinski definition) is 2. The van der Waals surface area contributed by atoms with Gasteiger partial charge in [-0.05, 0) is 19.8 Å². The van der Waals surface area contributed by atoms with E-state index in [1.807, 2.05) is 19.3 Å². The highest BCUT2D eigenvalue weighted by Crippen LogP contribution is 2.14. The van der Waals surface area contributed by atoms with E-state index in [-0.39, 0.29) is 11.9 Å².